The Kier molecular flexibility index (Phi) is 4.00. The third-order valence-electron chi connectivity index (χ3n) is 4.11. The molecular weight excluding hydrogens is 250 g/mol. The van der Waals surface area contributed by atoms with Crippen LogP contribution < -0.4 is 5.32 Å². The first kappa shape index (κ1) is 13.2. The van der Waals surface area contributed by atoms with E-state index in [2.05, 4.69) is 15.3 Å². The Morgan fingerprint density at radius 3 is 2.90 bits per heavy atom. The first-order chi connectivity index (χ1) is 9.83. The van der Waals surface area contributed by atoms with Crippen LogP contribution >= 0.6 is 0 Å². The molecule has 0 saturated heterocycles. The minimum atomic E-state index is 0.127. The summed E-state index contributed by atoms with van der Waals surface area (Å²) in [4.78, 5) is 19.6. The number of rotatable bonds is 3. The van der Waals surface area contributed by atoms with Gasteiger partial charge < -0.3 is 10.3 Å². The topological polar surface area (TPSA) is 57.8 Å². The molecule has 1 aliphatic carbocycles. The molecule has 2 heterocycles. The molecular formula is C16H21N3O. The highest BCUT2D eigenvalue weighted by Crippen LogP contribution is 2.19. The summed E-state index contributed by atoms with van der Waals surface area (Å²) in [6.07, 6.45) is 11.4. The maximum atomic E-state index is 12.2. The minimum Gasteiger partial charge on any atom is -0.353 e. The molecule has 1 saturated carbocycles. The van der Waals surface area contributed by atoms with Crippen molar-refractivity contribution in [3.8, 4) is 0 Å². The normalized spacial score (nSPS) is 17.0. The van der Waals surface area contributed by atoms with Gasteiger partial charge in [-0.15, -0.1) is 0 Å². The van der Waals surface area contributed by atoms with Crippen LogP contribution in [0.15, 0.2) is 24.5 Å². The highest BCUT2D eigenvalue weighted by molar-refractivity contribution is 5.87. The van der Waals surface area contributed by atoms with Gasteiger partial charge in [0.05, 0.1) is 6.42 Å². The van der Waals surface area contributed by atoms with Gasteiger partial charge in [-0.1, -0.05) is 25.7 Å². The van der Waals surface area contributed by atoms with E-state index >= 15 is 0 Å². The van der Waals surface area contributed by atoms with Gasteiger partial charge >= 0.3 is 0 Å². The van der Waals surface area contributed by atoms with Crippen LogP contribution in [-0.2, 0) is 11.2 Å². The number of H-pyrrole nitrogens is 1. The number of pyridine rings is 1. The standard InChI is InChI=1S/C16H21N3O/c20-15(19-13-6-3-1-2-4-7-13)10-12-11-18-16-14(12)8-5-9-17-16/h5,8-9,11,13H,1-4,6-7,10H2,(H,17,18)(H,19,20). The Labute approximate surface area is 119 Å². The van der Waals surface area contributed by atoms with E-state index in [-0.39, 0.29) is 5.91 Å². The van der Waals surface area contributed by atoms with Crippen molar-refractivity contribution in [2.24, 2.45) is 0 Å². The van der Waals surface area contributed by atoms with Crippen LogP contribution in [0.5, 0.6) is 0 Å². The van der Waals surface area contributed by atoms with Crippen LogP contribution in [0.4, 0.5) is 0 Å². The Balaban J connectivity index is 1.63. The van der Waals surface area contributed by atoms with Gasteiger partial charge in [0.25, 0.3) is 0 Å². The van der Waals surface area contributed by atoms with Crippen molar-refractivity contribution >= 4 is 16.9 Å². The van der Waals surface area contributed by atoms with Crippen molar-refractivity contribution in [2.75, 3.05) is 0 Å². The molecule has 106 valence electrons. The molecule has 2 N–H and O–H groups in total. The highest BCUT2D eigenvalue weighted by atomic mass is 16.1. The minimum absolute atomic E-state index is 0.127. The second kappa shape index (κ2) is 6.07. The smallest absolute Gasteiger partial charge is 0.224 e. The van der Waals surface area contributed by atoms with E-state index in [0.717, 1.165) is 29.4 Å². The van der Waals surface area contributed by atoms with Gasteiger partial charge in [0.15, 0.2) is 0 Å². The van der Waals surface area contributed by atoms with Crippen LogP contribution in [0.3, 0.4) is 0 Å². The lowest BCUT2D eigenvalue weighted by Gasteiger charge is -2.15. The summed E-state index contributed by atoms with van der Waals surface area (Å²) in [6, 6.07) is 4.28. The third-order valence-corrected chi connectivity index (χ3v) is 4.11. The van der Waals surface area contributed by atoms with Crippen molar-refractivity contribution in [1.82, 2.24) is 15.3 Å². The fourth-order valence-electron chi connectivity index (χ4n) is 3.03. The number of carbonyl (C=O) groups is 1. The first-order valence-electron chi connectivity index (χ1n) is 7.53. The number of amides is 1. The fourth-order valence-corrected chi connectivity index (χ4v) is 3.03. The van der Waals surface area contributed by atoms with E-state index in [1.807, 2.05) is 18.3 Å². The SMILES string of the molecule is O=C(Cc1c[nH]c2ncccc12)NC1CCCCCC1. The maximum absolute atomic E-state index is 12.2. The van der Waals surface area contributed by atoms with E-state index in [0.29, 0.717) is 12.5 Å². The zero-order valence-electron chi connectivity index (χ0n) is 11.7. The van der Waals surface area contributed by atoms with Crippen molar-refractivity contribution in [3.63, 3.8) is 0 Å². The molecule has 2 aromatic heterocycles. The Morgan fingerprint density at radius 2 is 2.10 bits per heavy atom. The molecule has 1 fully saturated rings. The zero-order valence-corrected chi connectivity index (χ0v) is 11.7. The fraction of sp³-hybridized carbons (Fsp3) is 0.500. The molecule has 2 aromatic rings. The van der Waals surface area contributed by atoms with Crippen molar-refractivity contribution in [3.05, 3.63) is 30.1 Å². The molecule has 4 heteroatoms. The third kappa shape index (κ3) is 3.00. The summed E-state index contributed by atoms with van der Waals surface area (Å²) >= 11 is 0. The van der Waals surface area contributed by atoms with Gasteiger partial charge in [-0.05, 0) is 30.5 Å². The molecule has 0 radical (unpaired) electrons. The Bertz CT molecular complexity index is 582. The van der Waals surface area contributed by atoms with Gasteiger partial charge in [-0.2, -0.15) is 0 Å². The predicted octanol–water partition coefficient (Wildman–Crippen LogP) is 2.94. The molecule has 3 rings (SSSR count). The summed E-state index contributed by atoms with van der Waals surface area (Å²) in [5.41, 5.74) is 1.88. The molecule has 0 aliphatic heterocycles. The predicted molar refractivity (Wildman–Crippen MR) is 79.4 cm³/mol. The van der Waals surface area contributed by atoms with E-state index in [1.165, 1.54) is 25.7 Å². The lowest BCUT2D eigenvalue weighted by molar-refractivity contribution is -0.121. The second-order valence-corrected chi connectivity index (χ2v) is 5.65. The summed E-state index contributed by atoms with van der Waals surface area (Å²) in [7, 11) is 0. The first-order valence-corrected chi connectivity index (χ1v) is 7.53. The number of carbonyl (C=O) groups excluding carboxylic acids is 1. The van der Waals surface area contributed by atoms with Crippen LogP contribution in [0.2, 0.25) is 0 Å². The maximum Gasteiger partial charge on any atom is 0.224 e. The summed E-state index contributed by atoms with van der Waals surface area (Å²) < 4.78 is 0. The lowest BCUT2D eigenvalue weighted by atomic mass is 10.1. The van der Waals surface area contributed by atoms with Gasteiger partial charge in [-0.25, -0.2) is 4.98 Å². The number of hydrogen-bond acceptors (Lipinski definition) is 2. The number of fused-ring (bicyclic) bond motifs is 1. The zero-order chi connectivity index (χ0) is 13.8. The van der Waals surface area contributed by atoms with Crippen LogP contribution in [-0.4, -0.2) is 21.9 Å². The van der Waals surface area contributed by atoms with Gasteiger partial charge in [0.1, 0.15) is 5.65 Å². The Hall–Kier alpha value is -1.84. The molecule has 0 unspecified atom stereocenters. The molecule has 0 atom stereocenters. The summed E-state index contributed by atoms with van der Waals surface area (Å²) in [5, 5.41) is 4.23. The average molecular weight is 271 g/mol. The van der Waals surface area contributed by atoms with E-state index in [1.54, 1.807) is 6.20 Å². The number of aromatic amines is 1. The van der Waals surface area contributed by atoms with Crippen molar-refractivity contribution in [1.29, 1.82) is 0 Å². The summed E-state index contributed by atoms with van der Waals surface area (Å²) in [5.74, 6) is 0.127. The average Bonchev–Trinajstić information content (AvgIpc) is 2.68. The van der Waals surface area contributed by atoms with E-state index in [4.69, 9.17) is 0 Å². The van der Waals surface area contributed by atoms with Crippen LogP contribution in [0.1, 0.15) is 44.1 Å². The van der Waals surface area contributed by atoms with Crippen molar-refractivity contribution in [2.45, 2.75) is 51.0 Å². The molecule has 4 nitrogen and oxygen atoms in total. The number of aromatic nitrogens is 2. The number of nitrogens with one attached hydrogen (secondary N) is 2. The number of nitrogens with zero attached hydrogens (tertiary/aromatic N) is 1. The Morgan fingerprint density at radius 1 is 1.30 bits per heavy atom. The van der Waals surface area contributed by atoms with E-state index < -0.39 is 0 Å². The van der Waals surface area contributed by atoms with Gasteiger partial charge in [0, 0.05) is 23.8 Å². The lowest BCUT2D eigenvalue weighted by Crippen LogP contribution is -2.35. The molecule has 0 spiro atoms. The van der Waals surface area contributed by atoms with E-state index in [9.17, 15) is 4.79 Å². The monoisotopic (exact) mass is 271 g/mol. The second-order valence-electron chi connectivity index (χ2n) is 5.65. The van der Waals surface area contributed by atoms with Gasteiger partial charge in [-0.3, -0.25) is 4.79 Å². The van der Waals surface area contributed by atoms with Crippen molar-refractivity contribution < 1.29 is 4.79 Å². The number of hydrogen-bond donors (Lipinski definition) is 2. The largest absolute Gasteiger partial charge is 0.353 e. The molecule has 1 aliphatic rings. The molecule has 0 aromatic carbocycles. The molecule has 20 heavy (non-hydrogen) atoms. The van der Waals surface area contributed by atoms with Gasteiger partial charge in [0.2, 0.25) is 5.91 Å². The highest BCUT2D eigenvalue weighted by Gasteiger charge is 2.16. The van der Waals surface area contributed by atoms with Crippen LogP contribution in [0.25, 0.3) is 11.0 Å². The van der Waals surface area contributed by atoms with Crippen LogP contribution in [0, 0.1) is 0 Å². The quantitative estimate of drug-likeness (QED) is 0.843. The molecule has 1 amide bonds. The summed E-state index contributed by atoms with van der Waals surface area (Å²) in [6.45, 7) is 0. The molecule has 0 bridgehead atoms.